The molecule has 2 rings (SSSR count). The van der Waals surface area contributed by atoms with Gasteiger partial charge in [0.05, 0.1) is 9.92 Å². The lowest BCUT2D eigenvalue weighted by Crippen LogP contribution is -1.98. The van der Waals surface area contributed by atoms with Gasteiger partial charge in [0.1, 0.15) is 11.5 Å². The lowest BCUT2D eigenvalue weighted by atomic mass is 10.1. The molecular formula is C16H14Cl2O4S2. The first-order chi connectivity index (χ1) is 11.2. The smallest absolute Gasteiger partial charge is 0.186 e. The van der Waals surface area contributed by atoms with Gasteiger partial charge in [0.15, 0.2) is 15.0 Å². The van der Waals surface area contributed by atoms with Crippen molar-refractivity contribution < 1.29 is 17.9 Å². The van der Waals surface area contributed by atoms with E-state index in [1.165, 1.54) is 18.2 Å². The number of sulfone groups is 1. The minimum absolute atomic E-state index is 0.104. The number of thiol groups is 1. The number of hydrogen-bond donors (Lipinski definition) is 1. The van der Waals surface area contributed by atoms with Crippen LogP contribution in [0, 0.1) is 0 Å². The largest absolute Gasteiger partial charge is 0.455 e. The molecule has 0 N–H and O–H groups in total. The van der Waals surface area contributed by atoms with E-state index < -0.39 is 9.84 Å². The van der Waals surface area contributed by atoms with Gasteiger partial charge in [0.2, 0.25) is 0 Å². The lowest BCUT2D eigenvalue weighted by Gasteiger charge is -2.13. The van der Waals surface area contributed by atoms with Crippen molar-refractivity contribution in [2.24, 2.45) is 0 Å². The third-order valence-corrected chi connectivity index (χ3v) is 5.05. The Morgan fingerprint density at radius 2 is 1.83 bits per heavy atom. The summed E-state index contributed by atoms with van der Waals surface area (Å²) in [6.07, 6.45) is 1.79. The fraction of sp³-hybridized carbons (Fsp3) is 0.188. The van der Waals surface area contributed by atoms with Crippen LogP contribution in [-0.2, 0) is 21.1 Å². The summed E-state index contributed by atoms with van der Waals surface area (Å²) in [7, 11) is -3.36. The Kier molecular flexibility index (Phi) is 6.20. The van der Waals surface area contributed by atoms with E-state index in [0.717, 1.165) is 11.8 Å². The van der Waals surface area contributed by atoms with Gasteiger partial charge in [-0.1, -0.05) is 29.3 Å². The number of carbonyl (C=O) groups is 1. The normalized spacial score (nSPS) is 11.3. The van der Waals surface area contributed by atoms with E-state index >= 15 is 0 Å². The number of ether oxygens (including phenoxy) is 1. The third-order valence-electron chi connectivity index (χ3n) is 3.19. The topological polar surface area (TPSA) is 60.4 Å². The van der Waals surface area contributed by atoms with Crippen molar-refractivity contribution in [1.82, 2.24) is 0 Å². The van der Waals surface area contributed by atoms with Crippen molar-refractivity contribution >= 4 is 50.8 Å². The van der Waals surface area contributed by atoms with Gasteiger partial charge < -0.3 is 4.74 Å². The lowest BCUT2D eigenvalue weighted by molar-refractivity contribution is -0.110. The van der Waals surface area contributed by atoms with Crippen molar-refractivity contribution in [2.75, 3.05) is 6.26 Å². The Labute approximate surface area is 156 Å². The van der Waals surface area contributed by atoms with Gasteiger partial charge in [0.25, 0.3) is 0 Å². The van der Waals surface area contributed by atoms with Gasteiger partial charge in [-0.25, -0.2) is 8.42 Å². The van der Waals surface area contributed by atoms with E-state index in [-0.39, 0.29) is 21.5 Å². The van der Waals surface area contributed by atoms with E-state index in [9.17, 15) is 13.2 Å². The molecule has 0 amide bonds. The van der Waals surface area contributed by atoms with Crippen LogP contribution in [-0.4, -0.2) is 19.8 Å². The first-order valence-corrected chi connectivity index (χ1v) is 9.94. The maximum atomic E-state index is 11.5. The SMILES string of the molecule is CS(=O)(=O)c1ccc(Oc2cc(Cl)ccc2CCC(=O)S)c(Cl)c1. The number of benzene rings is 2. The second kappa shape index (κ2) is 7.78. The van der Waals surface area contributed by atoms with Crippen LogP contribution < -0.4 is 4.74 Å². The van der Waals surface area contributed by atoms with Crippen LogP contribution in [0.25, 0.3) is 0 Å². The highest BCUT2D eigenvalue weighted by molar-refractivity contribution is 7.96. The predicted octanol–water partition coefficient (Wildman–Crippen LogP) is 4.58. The molecule has 0 aliphatic carbocycles. The maximum Gasteiger partial charge on any atom is 0.186 e. The van der Waals surface area contributed by atoms with Crippen LogP contribution in [0.1, 0.15) is 12.0 Å². The molecule has 0 aliphatic heterocycles. The third kappa shape index (κ3) is 5.14. The van der Waals surface area contributed by atoms with Crippen molar-refractivity contribution in [3.63, 3.8) is 0 Å². The average Bonchev–Trinajstić information content (AvgIpc) is 2.47. The fourth-order valence-electron chi connectivity index (χ4n) is 1.98. The monoisotopic (exact) mass is 404 g/mol. The first-order valence-electron chi connectivity index (χ1n) is 6.84. The van der Waals surface area contributed by atoms with Gasteiger partial charge in [-0.05, 0) is 42.3 Å². The average molecular weight is 405 g/mol. The van der Waals surface area contributed by atoms with E-state index in [2.05, 4.69) is 12.6 Å². The fourth-order valence-corrected chi connectivity index (χ4v) is 3.19. The molecule has 0 saturated heterocycles. The minimum Gasteiger partial charge on any atom is -0.455 e. The molecule has 0 aliphatic rings. The molecule has 0 heterocycles. The maximum absolute atomic E-state index is 11.5. The first kappa shape index (κ1) is 19.1. The molecule has 0 spiro atoms. The zero-order valence-electron chi connectivity index (χ0n) is 12.6. The van der Waals surface area contributed by atoms with E-state index in [0.29, 0.717) is 22.9 Å². The molecule has 0 aromatic heterocycles. The van der Waals surface area contributed by atoms with Crippen molar-refractivity contribution in [3.05, 3.63) is 52.0 Å². The molecule has 128 valence electrons. The Hall–Kier alpha value is -1.21. The quantitative estimate of drug-likeness (QED) is 0.715. The number of carbonyl (C=O) groups excluding carboxylic acids is 1. The van der Waals surface area contributed by atoms with E-state index in [4.69, 9.17) is 27.9 Å². The van der Waals surface area contributed by atoms with Crippen molar-refractivity contribution in [1.29, 1.82) is 0 Å². The molecular weight excluding hydrogens is 391 g/mol. The summed E-state index contributed by atoms with van der Waals surface area (Å²) in [5, 5.41) is 0.399. The van der Waals surface area contributed by atoms with Crippen LogP contribution in [0.2, 0.25) is 10.0 Å². The zero-order chi connectivity index (χ0) is 17.9. The van der Waals surface area contributed by atoms with Gasteiger partial charge in [0, 0.05) is 17.7 Å². The molecule has 24 heavy (non-hydrogen) atoms. The second-order valence-electron chi connectivity index (χ2n) is 5.11. The highest BCUT2D eigenvalue weighted by Crippen LogP contribution is 2.34. The highest BCUT2D eigenvalue weighted by Gasteiger charge is 2.13. The predicted molar refractivity (Wildman–Crippen MR) is 98.4 cm³/mol. The summed E-state index contributed by atoms with van der Waals surface area (Å²) in [6, 6.07) is 9.29. The number of halogens is 2. The van der Waals surface area contributed by atoms with Gasteiger partial charge in [-0.15, -0.1) is 12.6 Å². The van der Waals surface area contributed by atoms with Crippen LogP contribution in [0.15, 0.2) is 41.3 Å². The number of hydrogen-bond acceptors (Lipinski definition) is 4. The summed E-state index contributed by atoms with van der Waals surface area (Å²) >= 11 is 15.9. The minimum atomic E-state index is -3.36. The van der Waals surface area contributed by atoms with Gasteiger partial charge in [-0.2, -0.15) is 0 Å². The molecule has 0 atom stereocenters. The molecule has 0 bridgehead atoms. The summed E-state index contributed by atoms with van der Waals surface area (Å²) in [4.78, 5) is 11.2. The molecule has 4 nitrogen and oxygen atoms in total. The van der Waals surface area contributed by atoms with Crippen LogP contribution >= 0.6 is 35.8 Å². The molecule has 2 aromatic rings. The Morgan fingerprint density at radius 1 is 1.12 bits per heavy atom. The second-order valence-corrected chi connectivity index (χ2v) is 8.47. The zero-order valence-corrected chi connectivity index (χ0v) is 15.8. The summed E-state index contributed by atoms with van der Waals surface area (Å²) in [6.45, 7) is 0. The van der Waals surface area contributed by atoms with E-state index in [1.807, 2.05) is 0 Å². The Bertz CT molecular complexity index is 880. The summed E-state index contributed by atoms with van der Waals surface area (Å²) in [5.74, 6) is 0.746. The molecule has 8 heteroatoms. The molecule has 0 unspecified atom stereocenters. The molecule has 0 fully saturated rings. The molecule has 0 saturated carbocycles. The van der Waals surface area contributed by atoms with Crippen LogP contribution in [0.4, 0.5) is 0 Å². The highest BCUT2D eigenvalue weighted by atomic mass is 35.5. The van der Waals surface area contributed by atoms with Crippen molar-refractivity contribution in [3.8, 4) is 11.5 Å². The number of rotatable bonds is 6. The van der Waals surface area contributed by atoms with Gasteiger partial charge in [-0.3, -0.25) is 4.79 Å². The summed E-state index contributed by atoms with van der Waals surface area (Å²) < 4.78 is 28.9. The molecule has 2 aromatic carbocycles. The van der Waals surface area contributed by atoms with E-state index in [1.54, 1.807) is 18.2 Å². The molecule has 0 radical (unpaired) electrons. The van der Waals surface area contributed by atoms with Crippen LogP contribution in [0.3, 0.4) is 0 Å². The Morgan fingerprint density at radius 3 is 2.42 bits per heavy atom. The van der Waals surface area contributed by atoms with Crippen LogP contribution in [0.5, 0.6) is 11.5 Å². The van der Waals surface area contributed by atoms with Crippen molar-refractivity contribution in [2.45, 2.75) is 17.7 Å². The standard InChI is InChI=1S/C16H14Cl2O4S2/c1-24(20,21)12-5-6-14(13(18)9-12)22-15-8-11(17)4-2-10(15)3-7-16(19)23/h2,4-6,8-9H,3,7H2,1H3,(H,19,23). The Balaban J connectivity index is 2.33. The summed E-state index contributed by atoms with van der Waals surface area (Å²) in [5.41, 5.74) is 0.769. The number of aryl methyl sites for hydroxylation is 1. The van der Waals surface area contributed by atoms with Gasteiger partial charge >= 0.3 is 0 Å².